The molecule has 0 spiro atoms. The standard InChI is InChI=1S/C12H21F3N2O/c1-10(16-7-5-6-12(13,14)15)11(18)17-8-3-2-4-9-17/h10,16H,2-9H2,1H3. The molecule has 1 fully saturated rings. The lowest BCUT2D eigenvalue weighted by molar-refractivity contribution is -0.135. The minimum absolute atomic E-state index is 0.00158. The second-order valence-corrected chi connectivity index (χ2v) is 4.78. The number of alkyl halides is 3. The number of nitrogens with zero attached hydrogens (tertiary/aromatic N) is 1. The van der Waals surface area contributed by atoms with Crippen molar-refractivity contribution in [1.29, 1.82) is 0 Å². The van der Waals surface area contributed by atoms with Crippen LogP contribution in [0.3, 0.4) is 0 Å². The van der Waals surface area contributed by atoms with Gasteiger partial charge in [-0.15, -0.1) is 0 Å². The average Bonchev–Trinajstić information content (AvgIpc) is 2.33. The third kappa shape index (κ3) is 5.71. The minimum atomic E-state index is -4.11. The maximum Gasteiger partial charge on any atom is 0.389 e. The summed E-state index contributed by atoms with van der Waals surface area (Å²) in [4.78, 5) is 13.7. The number of halogens is 3. The number of amides is 1. The molecule has 1 atom stereocenters. The van der Waals surface area contributed by atoms with E-state index in [1.165, 1.54) is 0 Å². The topological polar surface area (TPSA) is 32.3 Å². The van der Waals surface area contributed by atoms with Crippen molar-refractivity contribution in [3.05, 3.63) is 0 Å². The van der Waals surface area contributed by atoms with Gasteiger partial charge in [-0.25, -0.2) is 0 Å². The highest BCUT2D eigenvalue weighted by Crippen LogP contribution is 2.20. The molecule has 1 aliphatic rings. The maximum absolute atomic E-state index is 11.9. The molecule has 1 unspecified atom stereocenters. The molecule has 1 aliphatic heterocycles. The summed E-state index contributed by atoms with van der Waals surface area (Å²) in [5.74, 6) is 0.00158. The molecule has 0 aromatic rings. The second kappa shape index (κ2) is 6.97. The second-order valence-electron chi connectivity index (χ2n) is 4.78. The Labute approximate surface area is 106 Å². The summed E-state index contributed by atoms with van der Waals surface area (Å²) in [6.45, 7) is 3.48. The zero-order chi connectivity index (χ0) is 13.6. The molecular formula is C12H21F3N2O. The first kappa shape index (κ1) is 15.3. The van der Waals surface area contributed by atoms with Gasteiger partial charge in [0.05, 0.1) is 6.04 Å². The highest BCUT2D eigenvalue weighted by atomic mass is 19.4. The van der Waals surface area contributed by atoms with E-state index in [9.17, 15) is 18.0 Å². The quantitative estimate of drug-likeness (QED) is 0.775. The number of piperidine rings is 1. The van der Waals surface area contributed by atoms with Crippen LogP contribution in [0.1, 0.15) is 39.0 Å². The molecule has 0 radical (unpaired) electrons. The fourth-order valence-corrected chi connectivity index (χ4v) is 2.08. The van der Waals surface area contributed by atoms with Gasteiger partial charge in [-0.1, -0.05) is 0 Å². The average molecular weight is 266 g/mol. The fraction of sp³-hybridized carbons (Fsp3) is 0.917. The van der Waals surface area contributed by atoms with Crippen molar-refractivity contribution >= 4 is 5.91 Å². The first-order valence-electron chi connectivity index (χ1n) is 6.49. The zero-order valence-electron chi connectivity index (χ0n) is 10.7. The number of hydrogen-bond donors (Lipinski definition) is 1. The fourth-order valence-electron chi connectivity index (χ4n) is 2.08. The first-order valence-corrected chi connectivity index (χ1v) is 6.49. The number of hydrogen-bond acceptors (Lipinski definition) is 2. The van der Waals surface area contributed by atoms with Gasteiger partial charge in [0.15, 0.2) is 0 Å². The minimum Gasteiger partial charge on any atom is -0.341 e. The van der Waals surface area contributed by atoms with Crippen LogP contribution in [0.5, 0.6) is 0 Å². The Hall–Kier alpha value is -0.780. The molecule has 0 aromatic heterocycles. The molecular weight excluding hydrogens is 245 g/mol. The normalized spacial score (nSPS) is 18.8. The molecule has 6 heteroatoms. The van der Waals surface area contributed by atoms with Gasteiger partial charge in [0.2, 0.25) is 5.91 Å². The van der Waals surface area contributed by atoms with Crippen LogP contribution >= 0.6 is 0 Å². The van der Waals surface area contributed by atoms with Crippen LogP contribution in [-0.2, 0) is 4.79 Å². The summed E-state index contributed by atoms with van der Waals surface area (Å²) in [6, 6.07) is -0.392. The van der Waals surface area contributed by atoms with Crippen LogP contribution in [0.15, 0.2) is 0 Å². The summed E-state index contributed by atoms with van der Waals surface area (Å²) >= 11 is 0. The molecule has 18 heavy (non-hydrogen) atoms. The molecule has 0 aromatic carbocycles. The van der Waals surface area contributed by atoms with Crippen molar-refractivity contribution < 1.29 is 18.0 Å². The van der Waals surface area contributed by atoms with E-state index in [2.05, 4.69) is 5.32 Å². The predicted octanol–water partition coefficient (Wildman–Crippen LogP) is 2.32. The molecule has 0 aliphatic carbocycles. The lowest BCUT2D eigenvalue weighted by atomic mass is 10.1. The molecule has 1 N–H and O–H groups in total. The molecule has 0 saturated carbocycles. The highest BCUT2D eigenvalue weighted by molar-refractivity contribution is 5.81. The number of rotatable bonds is 5. The third-order valence-corrected chi connectivity index (χ3v) is 3.13. The first-order chi connectivity index (χ1) is 8.40. The van der Waals surface area contributed by atoms with Gasteiger partial charge >= 0.3 is 6.18 Å². The van der Waals surface area contributed by atoms with E-state index < -0.39 is 18.6 Å². The molecule has 3 nitrogen and oxygen atoms in total. The molecule has 1 amide bonds. The van der Waals surface area contributed by atoms with E-state index in [4.69, 9.17) is 0 Å². The van der Waals surface area contributed by atoms with Crippen molar-refractivity contribution in [2.24, 2.45) is 0 Å². The number of carbonyl (C=O) groups excluding carboxylic acids is 1. The van der Waals surface area contributed by atoms with Crippen molar-refractivity contribution in [1.82, 2.24) is 10.2 Å². The Morgan fingerprint density at radius 1 is 1.28 bits per heavy atom. The van der Waals surface area contributed by atoms with Crippen molar-refractivity contribution in [3.8, 4) is 0 Å². The lowest BCUT2D eigenvalue weighted by Gasteiger charge is -2.29. The van der Waals surface area contributed by atoms with E-state index in [1.807, 2.05) is 0 Å². The van der Waals surface area contributed by atoms with E-state index >= 15 is 0 Å². The van der Waals surface area contributed by atoms with Crippen molar-refractivity contribution in [2.75, 3.05) is 19.6 Å². The smallest absolute Gasteiger partial charge is 0.341 e. The van der Waals surface area contributed by atoms with Gasteiger partial charge in [0, 0.05) is 19.5 Å². The van der Waals surface area contributed by atoms with Gasteiger partial charge < -0.3 is 10.2 Å². The maximum atomic E-state index is 11.9. The van der Waals surface area contributed by atoms with Crippen LogP contribution in [0.25, 0.3) is 0 Å². The number of nitrogens with one attached hydrogen (secondary N) is 1. The lowest BCUT2D eigenvalue weighted by Crippen LogP contribution is -2.47. The van der Waals surface area contributed by atoms with Crippen molar-refractivity contribution in [3.63, 3.8) is 0 Å². The summed E-state index contributed by atoms with van der Waals surface area (Å²) in [7, 11) is 0. The highest BCUT2D eigenvalue weighted by Gasteiger charge is 2.26. The summed E-state index contributed by atoms with van der Waals surface area (Å²) in [5, 5.41) is 2.86. The SMILES string of the molecule is CC(NCCCC(F)(F)F)C(=O)N1CCCCC1. The number of likely N-dealkylation sites (tertiary alicyclic amines) is 1. The van der Waals surface area contributed by atoms with Crippen LogP contribution < -0.4 is 5.32 Å². The van der Waals surface area contributed by atoms with E-state index in [1.54, 1.807) is 11.8 Å². The van der Waals surface area contributed by atoms with Gasteiger partial charge in [-0.3, -0.25) is 4.79 Å². The van der Waals surface area contributed by atoms with E-state index in [0.29, 0.717) is 0 Å². The molecule has 1 heterocycles. The third-order valence-electron chi connectivity index (χ3n) is 3.13. The van der Waals surface area contributed by atoms with Crippen molar-refractivity contribution in [2.45, 2.75) is 51.2 Å². The van der Waals surface area contributed by atoms with Crippen LogP contribution in [-0.4, -0.2) is 42.7 Å². The van der Waals surface area contributed by atoms with Gasteiger partial charge in [0.25, 0.3) is 0 Å². The predicted molar refractivity (Wildman–Crippen MR) is 63.2 cm³/mol. The zero-order valence-corrected chi connectivity index (χ0v) is 10.7. The molecule has 1 rings (SSSR count). The van der Waals surface area contributed by atoms with E-state index in [-0.39, 0.29) is 18.9 Å². The Balaban J connectivity index is 2.19. The molecule has 0 bridgehead atoms. The summed E-state index contributed by atoms with van der Waals surface area (Å²) in [5.41, 5.74) is 0. The monoisotopic (exact) mass is 266 g/mol. The molecule has 1 saturated heterocycles. The Bertz CT molecular complexity index is 263. The van der Waals surface area contributed by atoms with Crippen LogP contribution in [0.4, 0.5) is 13.2 Å². The summed E-state index contributed by atoms with van der Waals surface area (Å²) in [6.07, 6.45) is -1.70. The van der Waals surface area contributed by atoms with Gasteiger partial charge in [0.1, 0.15) is 0 Å². The van der Waals surface area contributed by atoms with Gasteiger partial charge in [-0.05, 0) is 39.2 Å². The van der Waals surface area contributed by atoms with Gasteiger partial charge in [-0.2, -0.15) is 13.2 Å². The number of carbonyl (C=O) groups is 1. The van der Waals surface area contributed by atoms with Crippen LogP contribution in [0.2, 0.25) is 0 Å². The largest absolute Gasteiger partial charge is 0.389 e. The Morgan fingerprint density at radius 3 is 2.44 bits per heavy atom. The molecule has 106 valence electrons. The Morgan fingerprint density at radius 2 is 1.89 bits per heavy atom. The van der Waals surface area contributed by atoms with E-state index in [0.717, 1.165) is 32.4 Å². The van der Waals surface area contributed by atoms with Crippen LogP contribution in [0, 0.1) is 0 Å². The summed E-state index contributed by atoms with van der Waals surface area (Å²) < 4.78 is 35.8. The Kier molecular flexibility index (Phi) is 5.91.